The van der Waals surface area contributed by atoms with Gasteiger partial charge in [0, 0.05) is 31.5 Å². The van der Waals surface area contributed by atoms with E-state index in [-0.39, 0.29) is 0 Å². The van der Waals surface area contributed by atoms with Crippen LogP contribution >= 0.6 is 0 Å². The third-order valence-corrected chi connectivity index (χ3v) is 4.10. The Morgan fingerprint density at radius 3 is 2.50 bits per heavy atom. The summed E-state index contributed by atoms with van der Waals surface area (Å²) in [5.74, 6) is 0. The van der Waals surface area contributed by atoms with Gasteiger partial charge in [0.2, 0.25) is 0 Å². The Morgan fingerprint density at radius 2 is 1.71 bits per heavy atom. The Morgan fingerprint density at radius 1 is 0.917 bits per heavy atom. The molecule has 4 aromatic rings. The van der Waals surface area contributed by atoms with E-state index in [1.807, 2.05) is 24.7 Å². The van der Waals surface area contributed by atoms with Crippen LogP contribution in [0, 0.1) is 6.07 Å². The Kier molecular flexibility index (Phi) is 3.50. The second-order valence-electron chi connectivity index (χ2n) is 5.88. The average molecular weight is 313 g/mol. The molecule has 0 aliphatic heterocycles. The monoisotopic (exact) mass is 313 g/mol. The van der Waals surface area contributed by atoms with E-state index in [0.717, 1.165) is 16.9 Å². The van der Waals surface area contributed by atoms with Crippen LogP contribution in [0.1, 0.15) is 0 Å². The van der Waals surface area contributed by atoms with Crippen molar-refractivity contribution in [3.63, 3.8) is 0 Å². The van der Waals surface area contributed by atoms with Gasteiger partial charge in [-0.25, -0.2) is 9.50 Å². The van der Waals surface area contributed by atoms with Crippen molar-refractivity contribution in [1.29, 1.82) is 0 Å². The largest absolute Gasteiger partial charge is 0.378 e. The molecule has 0 atom stereocenters. The number of hydrogen-bond acceptors (Lipinski definition) is 3. The van der Waals surface area contributed by atoms with Crippen LogP contribution in [0.25, 0.3) is 28.0 Å². The van der Waals surface area contributed by atoms with E-state index in [1.54, 1.807) is 12.4 Å². The fourth-order valence-electron chi connectivity index (χ4n) is 2.81. The summed E-state index contributed by atoms with van der Waals surface area (Å²) in [6, 6.07) is 22.0. The topological polar surface area (TPSA) is 33.4 Å². The maximum atomic E-state index is 4.32. The van der Waals surface area contributed by atoms with Crippen molar-refractivity contribution in [3.05, 3.63) is 73.1 Å². The Balaban J connectivity index is 1.78. The highest BCUT2D eigenvalue weighted by atomic mass is 15.2. The number of aromatic nitrogens is 3. The lowest BCUT2D eigenvalue weighted by molar-refractivity contribution is 0.948. The molecular weight excluding hydrogens is 296 g/mol. The zero-order valence-corrected chi connectivity index (χ0v) is 13.6. The molecule has 2 aromatic heterocycles. The maximum absolute atomic E-state index is 4.32. The highest BCUT2D eigenvalue weighted by Crippen LogP contribution is 2.27. The standard InChI is InChI=1S/C20H17N4/c1-23(2)18-8-6-15(7-9-18)16-4-3-5-17(14-16)19-10-12-21-20-11-13-22-24(19)20/h3-10,12-14H,1-2H3. The summed E-state index contributed by atoms with van der Waals surface area (Å²) in [4.78, 5) is 6.37. The number of rotatable bonds is 3. The van der Waals surface area contributed by atoms with Crippen LogP contribution in [0.3, 0.4) is 0 Å². The molecule has 0 saturated carbocycles. The summed E-state index contributed by atoms with van der Waals surface area (Å²) in [5.41, 5.74) is 6.41. The van der Waals surface area contributed by atoms with E-state index in [2.05, 4.69) is 69.6 Å². The number of anilines is 1. The zero-order chi connectivity index (χ0) is 16.5. The lowest BCUT2D eigenvalue weighted by atomic mass is 10.0. The molecule has 2 heterocycles. The zero-order valence-electron chi connectivity index (χ0n) is 13.6. The van der Waals surface area contributed by atoms with E-state index in [9.17, 15) is 0 Å². The lowest BCUT2D eigenvalue weighted by Crippen LogP contribution is -2.07. The fourth-order valence-corrected chi connectivity index (χ4v) is 2.81. The van der Waals surface area contributed by atoms with Crippen LogP contribution in [0.15, 0.2) is 67.0 Å². The number of benzene rings is 2. The van der Waals surface area contributed by atoms with Gasteiger partial charge in [0.05, 0.1) is 18.0 Å². The molecule has 0 fully saturated rings. The highest BCUT2D eigenvalue weighted by Gasteiger charge is 2.07. The first-order chi connectivity index (χ1) is 11.7. The first kappa shape index (κ1) is 14.5. The van der Waals surface area contributed by atoms with Crippen molar-refractivity contribution in [1.82, 2.24) is 14.6 Å². The quantitative estimate of drug-likeness (QED) is 0.574. The molecule has 0 aliphatic rings. The van der Waals surface area contributed by atoms with Gasteiger partial charge in [0.15, 0.2) is 5.65 Å². The molecule has 4 nitrogen and oxygen atoms in total. The van der Waals surface area contributed by atoms with Gasteiger partial charge in [0.25, 0.3) is 0 Å². The Hall–Kier alpha value is -3.14. The van der Waals surface area contributed by atoms with Gasteiger partial charge in [-0.15, -0.1) is 0 Å². The molecule has 24 heavy (non-hydrogen) atoms. The van der Waals surface area contributed by atoms with Crippen LogP contribution in [-0.2, 0) is 0 Å². The van der Waals surface area contributed by atoms with Gasteiger partial charge < -0.3 is 4.90 Å². The predicted octanol–water partition coefficient (Wildman–Crippen LogP) is 3.93. The van der Waals surface area contributed by atoms with Crippen molar-refractivity contribution in [3.8, 4) is 22.4 Å². The van der Waals surface area contributed by atoms with Gasteiger partial charge in [-0.05, 0) is 35.4 Å². The number of hydrogen-bond donors (Lipinski definition) is 0. The van der Waals surface area contributed by atoms with Crippen molar-refractivity contribution in [2.75, 3.05) is 19.0 Å². The Labute approximate surface area is 141 Å². The molecular formula is C20H17N4. The summed E-state index contributed by atoms with van der Waals surface area (Å²) in [6.45, 7) is 0. The van der Waals surface area contributed by atoms with E-state index in [4.69, 9.17) is 0 Å². The van der Waals surface area contributed by atoms with Crippen LogP contribution in [0.2, 0.25) is 0 Å². The maximum Gasteiger partial charge on any atom is 0.163 e. The molecule has 0 saturated heterocycles. The van der Waals surface area contributed by atoms with E-state index in [0.29, 0.717) is 0 Å². The summed E-state index contributed by atoms with van der Waals surface area (Å²) in [5, 5.41) is 4.32. The van der Waals surface area contributed by atoms with E-state index >= 15 is 0 Å². The third-order valence-electron chi connectivity index (χ3n) is 4.10. The molecule has 0 spiro atoms. The molecule has 0 aliphatic carbocycles. The average Bonchev–Trinajstić information content (AvgIpc) is 3.10. The minimum Gasteiger partial charge on any atom is -0.378 e. The summed E-state index contributed by atoms with van der Waals surface area (Å²) >= 11 is 0. The fraction of sp³-hybridized carbons (Fsp3) is 0.100. The molecule has 0 bridgehead atoms. The summed E-state index contributed by atoms with van der Waals surface area (Å²) < 4.78 is 1.81. The SMILES string of the molecule is CN(C)c1ccc(-c2cccc(-c3ccnc4[c]cnn34)c2)cc1. The third kappa shape index (κ3) is 2.52. The van der Waals surface area contributed by atoms with Crippen LogP contribution in [0.5, 0.6) is 0 Å². The normalized spacial score (nSPS) is 10.9. The van der Waals surface area contributed by atoms with Crippen molar-refractivity contribution in [2.24, 2.45) is 0 Å². The number of nitrogens with zero attached hydrogens (tertiary/aromatic N) is 4. The van der Waals surface area contributed by atoms with E-state index in [1.165, 1.54) is 16.8 Å². The smallest absolute Gasteiger partial charge is 0.163 e. The molecule has 117 valence electrons. The first-order valence-electron chi connectivity index (χ1n) is 7.81. The van der Waals surface area contributed by atoms with Crippen LogP contribution in [-0.4, -0.2) is 28.7 Å². The molecule has 0 N–H and O–H groups in total. The highest BCUT2D eigenvalue weighted by molar-refractivity contribution is 5.73. The number of fused-ring (bicyclic) bond motifs is 1. The van der Waals surface area contributed by atoms with Crippen LogP contribution < -0.4 is 4.90 Å². The van der Waals surface area contributed by atoms with Gasteiger partial charge in [-0.2, -0.15) is 5.10 Å². The first-order valence-corrected chi connectivity index (χ1v) is 7.81. The second kappa shape index (κ2) is 5.81. The summed E-state index contributed by atoms with van der Waals surface area (Å²) in [6.07, 6.45) is 3.44. The van der Waals surface area contributed by atoms with Gasteiger partial charge >= 0.3 is 0 Å². The van der Waals surface area contributed by atoms with Gasteiger partial charge in [0.1, 0.15) is 0 Å². The minimum atomic E-state index is 0.730. The van der Waals surface area contributed by atoms with Crippen LogP contribution in [0.4, 0.5) is 5.69 Å². The van der Waals surface area contributed by atoms with Gasteiger partial charge in [-0.3, -0.25) is 0 Å². The van der Waals surface area contributed by atoms with Crippen molar-refractivity contribution < 1.29 is 0 Å². The Bertz CT molecular complexity index is 984. The lowest BCUT2D eigenvalue weighted by Gasteiger charge is -2.13. The minimum absolute atomic E-state index is 0.730. The van der Waals surface area contributed by atoms with Crippen molar-refractivity contribution in [2.45, 2.75) is 0 Å². The van der Waals surface area contributed by atoms with Gasteiger partial charge in [-0.1, -0.05) is 30.3 Å². The molecule has 4 rings (SSSR count). The molecule has 4 heteroatoms. The predicted molar refractivity (Wildman–Crippen MR) is 97.0 cm³/mol. The summed E-state index contributed by atoms with van der Waals surface area (Å²) in [7, 11) is 4.09. The molecule has 2 aromatic carbocycles. The van der Waals surface area contributed by atoms with E-state index < -0.39 is 0 Å². The van der Waals surface area contributed by atoms with Crippen molar-refractivity contribution >= 4 is 11.3 Å². The molecule has 1 radical (unpaired) electrons. The molecule has 0 unspecified atom stereocenters. The molecule has 0 amide bonds. The second-order valence-corrected chi connectivity index (χ2v) is 5.88.